The van der Waals surface area contributed by atoms with Gasteiger partial charge in [-0.05, 0) is 67.7 Å². The van der Waals surface area contributed by atoms with Crippen LogP contribution in [0.15, 0.2) is 60.7 Å². The lowest BCUT2D eigenvalue weighted by Gasteiger charge is -2.34. The minimum Gasteiger partial charge on any atom is -0.373 e. The maximum atomic E-state index is 5.68. The molecule has 4 N–H and O–H groups in total. The van der Waals surface area contributed by atoms with Gasteiger partial charge in [0.15, 0.2) is 0 Å². The van der Waals surface area contributed by atoms with Gasteiger partial charge in [0.2, 0.25) is 0 Å². The van der Waals surface area contributed by atoms with Gasteiger partial charge in [0.1, 0.15) is 11.6 Å². The monoisotopic (exact) mass is 530 g/mol. The highest BCUT2D eigenvalue weighted by Crippen LogP contribution is 2.28. The predicted molar refractivity (Wildman–Crippen MR) is 160 cm³/mol. The molecule has 0 saturated carbocycles. The van der Waals surface area contributed by atoms with Gasteiger partial charge in [-0.1, -0.05) is 0 Å². The number of nitrogens with zero attached hydrogens (tertiary/aromatic N) is 5. The highest BCUT2D eigenvalue weighted by molar-refractivity contribution is 6.15. The van der Waals surface area contributed by atoms with Crippen molar-refractivity contribution >= 4 is 45.0 Å². The molecule has 0 aliphatic carbocycles. The Morgan fingerprint density at radius 2 is 1.39 bits per heavy atom. The van der Waals surface area contributed by atoms with Crippen molar-refractivity contribution < 1.29 is 0 Å². The van der Waals surface area contributed by atoms with Gasteiger partial charge >= 0.3 is 0 Å². The van der Waals surface area contributed by atoms with Crippen molar-refractivity contribution in [1.82, 2.24) is 24.8 Å². The topological polar surface area (TPSA) is 93.1 Å². The molecule has 0 atom stereocenters. The summed E-state index contributed by atoms with van der Waals surface area (Å²) < 4.78 is 0. The standard InChI is InChI=1S/C28H32N8.CH3Cl/c1-34-13-15-36(16-14-34)22-8-10-24-26(18-22)33-28(31-24)20-5-9-23-25(17-20)32-27(30-23)19-3-6-21(7-4-19)35(2)12-11-29;1-2/h3-10,17-18H,11-16,29H2,1-2H3,(H,30,32)(H,31,33);1H3. The molecule has 6 rings (SSSR count). The fourth-order valence-corrected chi connectivity index (χ4v) is 4.89. The number of imidazole rings is 2. The first kappa shape index (κ1) is 26.0. The fraction of sp³-hybridized carbons (Fsp3) is 0.310. The van der Waals surface area contributed by atoms with Crippen LogP contribution in [0, 0.1) is 0 Å². The molecule has 9 heteroatoms. The van der Waals surface area contributed by atoms with E-state index in [9.17, 15) is 0 Å². The number of hydrogen-bond donors (Lipinski definition) is 3. The third-order valence-electron chi connectivity index (χ3n) is 7.14. The number of nitrogens with one attached hydrogen (secondary N) is 2. The number of nitrogens with two attached hydrogens (primary N) is 1. The zero-order valence-electron chi connectivity index (χ0n) is 22.2. The summed E-state index contributed by atoms with van der Waals surface area (Å²) in [6.07, 6.45) is 1.47. The molecule has 0 radical (unpaired) electrons. The average Bonchev–Trinajstić information content (AvgIpc) is 3.58. The molecular formula is C29H35ClN8. The molecule has 0 spiro atoms. The van der Waals surface area contributed by atoms with Crippen molar-refractivity contribution in [2.75, 3.05) is 69.5 Å². The van der Waals surface area contributed by atoms with Crippen molar-refractivity contribution in [3.8, 4) is 22.8 Å². The molecule has 198 valence electrons. The Morgan fingerprint density at radius 3 is 2.05 bits per heavy atom. The number of piperazine rings is 1. The highest BCUT2D eigenvalue weighted by Gasteiger charge is 2.16. The minimum absolute atomic E-state index is 0.632. The van der Waals surface area contributed by atoms with E-state index in [0.717, 1.165) is 83.3 Å². The molecule has 5 aromatic rings. The van der Waals surface area contributed by atoms with Gasteiger partial charge in [-0.25, -0.2) is 9.97 Å². The zero-order valence-corrected chi connectivity index (χ0v) is 23.0. The first-order valence-electron chi connectivity index (χ1n) is 12.9. The summed E-state index contributed by atoms with van der Waals surface area (Å²) in [7, 11) is 4.23. The van der Waals surface area contributed by atoms with Crippen molar-refractivity contribution in [2.45, 2.75) is 0 Å². The third kappa shape index (κ3) is 5.34. The first-order chi connectivity index (χ1) is 18.6. The number of aromatic nitrogens is 4. The molecule has 1 aliphatic heterocycles. The lowest BCUT2D eigenvalue weighted by molar-refractivity contribution is 0.313. The molecule has 1 fully saturated rings. The van der Waals surface area contributed by atoms with Crippen LogP contribution < -0.4 is 15.5 Å². The number of rotatable bonds is 6. The molecule has 2 aromatic heterocycles. The molecule has 38 heavy (non-hydrogen) atoms. The van der Waals surface area contributed by atoms with Gasteiger partial charge in [-0.15, -0.1) is 11.6 Å². The number of benzene rings is 3. The average molecular weight is 531 g/mol. The Bertz CT molecular complexity index is 1500. The summed E-state index contributed by atoms with van der Waals surface area (Å²) in [6.45, 7) is 5.74. The van der Waals surface area contributed by atoms with E-state index in [1.54, 1.807) is 0 Å². The summed E-state index contributed by atoms with van der Waals surface area (Å²) >= 11 is 4.64. The predicted octanol–water partition coefficient (Wildman–Crippen LogP) is 4.77. The summed E-state index contributed by atoms with van der Waals surface area (Å²) in [5, 5.41) is 0. The fourth-order valence-electron chi connectivity index (χ4n) is 4.89. The zero-order chi connectivity index (χ0) is 26.6. The molecule has 1 saturated heterocycles. The summed E-state index contributed by atoms with van der Waals surface area (Å²) in [5.41, 5.74) is 14.1. The number of aromatic amines is 2. The minimum atomic E-state index is 0.632. The Balaban J connectivity index is 0.00000144. The third-order valence-corrected chi connectivity index (χ3v) is 7.14. The molecule has 8 nitrogen and oxygen atoms in total. The van der Waals surface area contributed by atoms with Crippen molar-refractivity contribution in [2.24, 2.45) is 5.73 Å². The largest absolute Gasteiger partial charge is 0.373 e. The second-order valence-electron chi connectivity index (χ2n) is 9.65. The first-order valence-corrected chi connectivity index (χ1v) is 13.7. The van der Waals surface area contributed by atoms with Crippen LogP contribution in [0.5, 0.6) is 0 Å². The molecule has 1 aliphatic rings. The quantitative estimate of drug-likeness (QED) is 0.274. The highest BCUT2D eigenvalue weighted by atomic mass is 35.5. The van der Waals surface area contributed by atoms with E-state index in [1.165, 1.54) is 12.1 Å². The normalized spacial score (nSPS) is 14.1. The Hall–Kier alpha value is -3.59. The smallest absolute Gasteiger partial charge is 0.138 e. The maximum Gasteiger partial charge on any atom is 0.138 e. The Labute approximate surface area is 228 Å². The van der Waals surface area contributed by atoms with E-state index in [1.807, 2.05) is 0 Å². The number of anilines is 2. The van der Waals surface area contributed by atoms with Crippen LogP contribution in [-0.2, 0) is 0 Å². The van der Waals surface area contributed by atoms with Crippen LogP contribution in [-0.4, -0.2) is 84.6 Å². The number of fused-ring (bicyclic) bond motifs is 2. The molecule has 0 bridgehead atoms. The van der Waals surface area contributed by atoms with Crippen LogP contribution in [0.2, 0.25) is 0 Å². The Morgan fingerprint density at radius 1 is 0.816 bits per heavy atom. The van der Waals surface area contributed by atoms with Crippen LogP contribution in [0.1, 0.15) is 0 Å². The van der Waals surface area contributed by atoms with E-state index in [0.29, 0.717) is 6.54 Å². The van der Waals surface area contributed by atoms with E-state index in [4.69, 9.17) is 15.7 Å². The maximum absolute atomic E-state index is 5.68. The molecule has 3 aromatic carbocycles. The number of alkyl halides is 1. The van der Waals surface area contributed by atoms with Gasteiger partial charge in [-0.2, -0.15) is 0 Å². The lowest BCUT2D eigenvalue weighted by atomic mass is 10.2. The summed E-state index contributed by atoms with van der Waals surface area (Å²) in [4.78, 5) is 23.7. The van der Waals surface area contributed by atoms with Crippen molar-refractivity contribution in [3.05, 3.63) is 60.7 Å². The molecule has 3 heterocycles. The van der Waals surface area contributed by atoms with Crippen LogP contribution in [0.25, 0.3) is 44.8 Å². The SMILES string of the molecule is CCl.CN1CCN(c2ccc3nc(-c4ccc5nc(-c6ccc(N(C)CCN)cc6)[nH]c5c4)[nH]c3c2)CC1. The van der Waals surface area contributed by atoms with Gasteiger partial charge in [0, 0.05) is 75.2 Å². The second kappa shape index (κ2) is 11.4. The number of likely N-dealkylation sites (N-methyl/N-ethyl adjacent to an activating group) is 2. The molecular weight excluding hydrogens is 496 g/mol. The van der Waals surface area contributed by atoms with Crippen molar-refractivity contribution in [3.63, 3.8) is 0 Å². The number of hydrogen-bond acceptors (Lipinski definition) is 6. The van der Waals surface area contributed by atoms with E-state index in [-0.39, 0.29) is 0 Å². The number of H-pyrrole nitrogens is 2. The summed E-state index contributed by atoms with van der Waals surface area (Å²) in [6, 6.07) is 21.2. The molecule has 0 unspecified atom stereocenters. The lowest BCUT2D eigenvalue weighted by Crippen LogP contribution is -2.44. The van der Waals surface area contributed by atoms with E-state index < -0.39 is 0 Å². The Kier molecular flexibility index (Phi) is 7.83. The van der Waals surface area contributed by atoms with Gasteiger partial charge in [-0.3, -0.25) is 0 Å². The van der Waals surface area contributed by atoms with E-state index in [2.05, 4.69) is 111 Å². The van der Waals surface area contributed by atoms with Crippen LogP contribution in [0.3, 0.4) is 0 Å². The number of halogens is 1. The van der Waals surface area contributed by atoms with Gasteiger partial charge < -0.3 is 30.4 Å². The second-order valence-corrected chi connectivity index (χ2v) is 9.65. The summed E-state index contributed by atoms with van der Waals surface area (Å²) in [5.74, 6) is 1.72. The van der Waals surface area contributed by atoms with E-state index >= 15 is 0 Å². The van der Waals surface area contributed by atoms with Crippen LogP contribution >= 0.6 is 11.6 Å². The molecule has 0 amide bonds. The van der Waals surface area contributed by atoms with Crippen LogP contribution in [0.4, 0.5) is 11.4 Å². The van der Waals surface area contributed by atoms with Gasteiger partial charge in [0.25, 0.3) is 0 Å². The van der Waals surface area contributed by atoms with Gasteiger partial charge in [0.05, 0.1) is 22.1 Å². The van der Waals surface area contributed by atoms with Crippen molar-refractivity contribution in [1.29, 1.82) is 0 Å².